The van der Waals surface area contributed by atoms with Gasteiger partial charge in [-0.3, -0.25) is 14.6 Å². The quantitative estimate of drug-likeness (QED) is 0.605. The van der Waals surface area contributed by atoms with Crippen LogP contribution in [0.15, 0.2) is 42.7 Å². The topological polar surface area (TPSA) is 110 Å². The van der Waals surface area contributed by atoms with E-state index in [0.29, 0.717) is 23.4 Å². The number of aliphatic hydroxyl groups is 1. The summed E-state index contributed by atoms with van der Waals surface area (Å²) in [6, 6.07) is 8.42. The number of ether oxygens (including phenoxy) is 2. The molecule has 0 aliphatic carbocycles. The molecule has 176 valence electrons. The van der Waals surface area contributed by atoms with E-state index in [1.807, 2.05) is 5.32 Å². The molecule has 1 aromatic heterocycles. The van der Waals surface area contributed by atoms with Crippen LogP contribution in [0.4, 0.5) is 18.9 Å². The number of aliphatic hydroxyl groups excluding tert-OH is 1. The fourth-order valence-corrected chi connectivity index (χ4v) is 4.14. The number of nitrogens with one attached hydrogen (secondary N) is 2. The molecule has 0 saturated carbocycles. The van der Waals surface area contributed by atoms with E-state index in [9.17, 15) is 27.9 Å². The first kappa shape index (κ1) is 23.0. The number of benzene rings is 1. The first-order chi connectivity index (χ1) is 15.7. The lowest BCUT2D eigenvalue weighted by atomic mass is 9.84. The first-order valence-electron chi connectivity index (χ1n) is 10.4. The van der Waals surface area contributed by atoms with Gasteiger partial charge >= 0.3 is 6.18 Å². The minimum Gasteiger partial charge on any atom is -0.487 e. The molecule has 2 aliphatic rings. The van der Waals surface area contributed by atoms with Gasteiger partial charge in [0.15, 0.2) is 0 Å². The Morgan fingerprint density at radius 2 is 2.06 bits per heavy atom. The molecule has 2 aliphatic heterocycles. The predicted molar refractivity (Wildman–Crippen MR) is 110 cm³/mol. The number of hydrogen-bond acceptors (Lipinski definition) is 6. The van der Waals surface area contributed by atoms with E-state index >= 15 is 0 Å². The average Bonchev–Trinajstić information content (AvgIpc) is 3.15. The van der Waals surface area contributed by atoms with Crippen LogP contribution in [-0.4, -0.2) is 59.5 Å². The number of amides is 2. The van der Waals surface area contributed by atoms with Gasteiger partial charge in [0.1, 0.15) is 24.5 Å². The molecule has 0 radical (unpaired) electrons. The molecule has 2 aromatic rings. The zero-order chi connectivity index (χ0) is 23.6. The number of anilines is 1. The fourth-order valence-electron chi connectivity index (χ4n) is 4.14. The Kier molecular flexibility index (Phi) is 6.52. The first-order valence-corrected chi connectivity index (χ1v) is 10.4. The largest absolute Gasteiger partial charge is 0.487 e. The van der Waals surface area contributed by atoms with Gasteiger partial charge in [-0.1, -0.05) is 0 Å². The third-order valence-electron chi connectivity index (χ3n) is 5.58. The van der Waals surface area contributed by atoms with Gasteiger partial charge in [-0.05, 0) is 36.8 Å². The SMILES string of the molecule is O=C(C[C@@H]1C[C@@H]2c3cc(NC(=O)c4cccnc4)ccc3O[C@@H]2[C@H](CO)O1)NCC(F)(F)F. The Hall–Kier alpha value is -3.18. The van der Waals surface area contributed by atoms with Crippen LogP contribution in [0.2, 0.25) is 0 Å². The maximum absolute atomic E-state index is 12.4. The highest BCUT2D eigenvalue weighted by Gasteiger charge is 2.46. The third kappa shape index (κ3) is 5.42. The Labute approximate surface area is 187 Å². The van der Waals surface area contributed by atoms with Crippen LogP contribution in [-0.2, 0) is 9.53 Å². The summed E-state index contributed by atoms with van der Waals surface area (Å²) in [6.07, 6.45) is -3.41. The van der Waals surface area contributed by atoms with E-state index in [1.165, 1.54) is 6.20 Å². The molecule has 1 fully saturated rings. The Bertz CT molecular complexity index is 1020. The molecule has 3 N–H and O–H groups in total. The third-order valence-corrected chi connectivity index (χ3v) is 5.58. The molecular formula is C22H22F3N3O5. The van der Waals surface area contributed by atoms with E-state index in [-0.39, 0.29) is 24.9 Å². The highest BCUT2D eigenvalue weighted by Crippen LogP contribution is 2.47. The van der Waals surface area contributed by atoms with Gasteiger partial charge in [0, 0.05) is 29.6 Å². The summed E-state index contributed by atoms with van der Waals surface area (Å²) >= 11 is 0. The number of pyridine rings is 1. The number of rotatable bonds is 6. The molecule has 0 bridgehead atoms. The number of fused-ring (bicyclic) bond motifs is 3. The molecule has 4 atom stereocenters. The fraction of sp³-hybridized carbons (Fsp3) is 0.409. The maximum Gasteiger partial charge on any atom is 0.405 e. The van der Waals surface area contributed by atoms with Gasteiger partial charge in [0.2, 0.25) is 5.91 Å². The second-order valence-electron chi connectivity index (χ2n) is 7.95. The molecule has 2 amide bonds. The normalized spacial score (nSPS) is 23.8. The van der Waals surface area contributed by atoms with E-state index in [2.05, 4.69) is 10.3 Å². The Morgan fingerprint density at radius 3 is 2.76 bits per heavy atom. The van der Waals surface area contributed by atoms with E-state index in [0.717, 1.165) is 5.56 Å². The lowest BCUT2D eigenvalue weighted by molar-refractivity contribution is -0.149. The average molecular weight is 465 g/mol. The summed E-state index contributed by atoms with van der Waals surface area (Å²) in [5, 5.41) is 14.4. The molecule has 11 heteroatoms. The summed E-state index contributed by atoms with van der Waals surface area (Å²) in [6.45, 7) is -1.79. The van der Waals surface area contributed by atoms with Crippen LogP contribution in [0.3, 0.4) is 0 Å². The highest BCUT2D eigenvalue weighted by atomic mass is 19.4. The van der Waals surface area contributed by atoms with Crippen LogP contribution in [0, 0.1) is 0 Å². The molecule has 3 heterocycles. The predicted octanol–water partition coefficient (Wildman–Crippen LogP) is 2.40. The van der Waals surface area contributed by atoms with Crippen LogP contribution < -0.4 is 15.4 Å². The number of carbonyl (C=O) groups is 2. The van der Waals surface area contributed by atoms with E-state index < -0.39 is 36.9 Å². The highest BCUT2D eigenvalue weighted by molar-refractivity contribution is 6.04. The Balaban J connectivity index is 1.47. The minimum atomic E-state index is -4.50. The number of carbonyl (C=O) groups excluding carboxylic acids is 2. The number of aromatic nitrogens is 1. The van der Waals surface area contributed by atoms with Gasteiger partial charge in [-0.2, -0.15) is 13.2 Å². The lowest BCUT2D eigenvalue weighted by Crippen LogP contribution is -2.47. The summed E-state index contributed by atoms with van der Waals surface area (Å²) < 4.78 is 48.8. The summed E-state index contributed by atoms with van der Waals surface area (Å²) in [5.41, 5.74) is 1.69. The van der Waals surface area contributed by atoms with E-state index in [1.54, 1.807) is 36.5 Å². The smallest absolute Gasteiger partial charge is 0.405 e. The molecular weight excluding hydrogens is 443 g/mol. The molecule has 0 unspecified atom stereocenters. The molecule has 0 spiro atoms. The second-order valence-corrected chi connectivity index (χ2v) is 7.95. The molecule has 1 aromatic carbocycles. The van der Waals surface area contributed by atoms with Gasteiger partial charge in [-0.15, -0.1) is 0 Å². The molecule has 4 rings (SSSR count). The molecule has 8 nitrogen and oxygen atoms in total. The van der Waals surface area contributed by atoms with Crippen LogP contribution in [0.25, 0.3) is 0 Å². The zero-order valence-corrected chi connectivity index (χ0v) is 17.3. The molecule has 1 saturated heterocycles. The molecule has 33 heavy (non-hydrogen) atoms. The van der Waals surface area contributed by atoms with Crippen LogP contribution in [0.1, 0.15) is 34.7 Å². The van der Waals surface area contributed by atoms with Gasteiger partial charge < -0.3 is 25.2 Å². The van der Waals surface area contributed by atoms with Crippen LogP contribution >= 0.6 is 0 Å². The van der Waals surface area contributed by atoms with E-state index in [4.69, 9.17) is 9.47 Å². The monoisotopic (exact) mass is 465 g/mol. The van der Waals surface area contributed by atoms with Crippen molar-refractivity contribution in [3.8, 4) is 5.75 Å². The van der Waals surface area contributed by atoms with Crippen molar-refractivity contribution in [2.24, 2.45) is 0 Å². The minimum absolute atomic E-state index is 0.262. The van der Waals surface area contributed by atoms with Crippen LogP contribution in [0.5, 0.6) is 5.75 Å². The van der Waals surface area contributed by atoms with Gasteiger partial charge in [0.05, 0.1) is 24.7 Å². The zero-order valence-electron chi connectivity index (χ0n) is 17.3. The van der Waals surface area contributed by atoms with Gasteiger partial charge in [-0.25, -0.2) is 0 Å². The van der Waals surface area contributed by atoms with Crippen molar-refractivity contribution in [2.45, 2.75) is 43.2 Å². The summed E-state index contributed by atoms with van der Waals surface area (Å²) in [7, 11) is 0. The Morgan fingerprint density at radius 1 is 1.24 bits per heavy atom. The maximum atomic E-state index is 12.4. The van der Waals surface area contributed by atoms with Crippen molar-refractivity contribution >= 4 is 17.5 Å². The van der Waals surface area contributed by atoms with Crippen molar-refractivity contribution in [3.63, 3.8) is 0 Å². The van der Waals surface area contributed by atoms with Crippen molar-refractivity contribution < 1.29 is 37.3 Å². The second kappa shape index (κ2) is 9.36. The van der Waals surface area contributed by atoms with Crippen molar-refractivity contribution in [1.29, 1.82) is 0 Å². The number of halogens is 3. The van der Waals surface area contributed by atoms with Crippen molar-refractivity contribution in [3.05, 3.63) is 53.9 Å². The summed E-state index contributed by atoms with van der Waals surface area (Å²) in [4.78, 5) is 28.3. The standard InChI is InChI=1S/C22H22F3N3O5/c23-22(24,25)11-27-19(30)8-14-7-16-15-6-13(28-21(31)12-2-1-5-26-9-12)3-4-17(15)33-20(16)18(10-29)32-14/h1-6,9,14,16,18,20,29H,7-8,10-11H2,(H,27,30)(H,28,31)/t14-,16+,18-,20-/m0/s1. The number of alkyl halides is 3. The number of nitrogens with zero attached hydrogens (tertiary/aromatic N) is 1. The summed E-state index contributed by atoms with van der Waals surface area (Å²) in [5.74, 6) is -0.822. The number of hydrogen-bond donors (Lipinski definition) is 3. The van der Waals surface area contributed by atoms with Gasteiger partial charge in [0.25, 0.3) is 5.91 Å². The van der Waals surface area contributed by atoms with Crippen molar-refractivity contribution in [2.75, 3.05) is 18.5 Å². The lowest BCUT2D eigenvalue weighted by Gasteiger charge is -2.37. The van der Waals surface area contributed by atoms with Crippen molar-refractivity contribution in [1.82, 2.24) is 10.3 Å².